The van der Waals surface area contributed by atoms with Gasteiger partial charge in [-0.2, -0.15) is 23.4 Å². The maximum atomic E-state index is 13.1. The Morgan fingerprint density at radius 3 is 2.45 bits per heavy atom. The Hall–Kier alpha value is -4.14. The van der Waals surface area contributed by atoms with Gasteiger partial charge in [0.2, 0.25) is 0 Å². The number of nitrogens with zero attached hydrogens (tertiary/aromatic N) is 4. The normalized spacial score (nSPS) is 11.3. The lowest BCUT2D eigenvalue weighted by Crippen LogP contribution is -2.19. The Labute approximate surface area is 187 Å². The Morgan fingerprint density at radius 2 is 1.70 bits per heavy atom. The lowest BCUT2D eigenvalue weighted by Gasteiger charge is -2.12. The number of amides is 1. The van der Waals surface area contributed by atoms with Gasteiger partial charge < -0.3 is 5.32 Å². The predicted octanol–water partition coefficient (Wildman–Crippen LogP) is 4.95. The number of halogens is 3. The summed E-state index contributed by atoms with van der Waals surface area (Å²) in [5.74, 6) is -0.299. The summed E-state index contributed by atoms with van der Waals surface area (Å²) in [6, 6.07) is 11.6. The number of rotatable bonds is 4. The van der Waals surface area contributed by atoms with Crippen LogP contribution in [0.1, 0.15) is 21.6 Å². The third-order valence-electron chi connectivity index (χ3n) is 5.12. The van der Waals surface area contributed by atoms with E-state index in [0.29, 0.717) is 11.8 Å². The van der Waals surface area contributed by atoms with Crippen LogP contribution in [0.5, 0.6) is 0 Å². The molecule has 3 aromatic heterocycles. The van der Waals surface area contributed by atoms with Crippen LogP contribution in [0.15, 0.2) is 67.3 Å². The van der Waals surface area contributed by atoms with Gasteiger partial charge in [0, 0.05) is 42.3 Å². The van der Waals surface area contributed by atoms with E-state index >= 15 is 0 Å². The Balaban J connectivity index is 1.75. The van der Waals surface area contributed by atoms with Gasteiger partial charge in [-0.1, -0.05) is 12.1 Å². The molecule has 0 bridgehead atoms. The molecule has 33 heavy (non-hydrogen) atoms. The number of hydrogen-bond donors (Lipinski definition) is 1. The highest BCUT2D eigenvalue weighted by Gasteiger charge is 2.31. The number of benzene rings is 1. The lowest BCUT2D eigenvalue weighted by molar-refractivity contribution is -0.137. The van der Waals surface area contributed by atoms with Crippen LogP contribution in [0, 0.1) is 6.92 Å². The lowest BCUT2D eigenvalue weighted by atomic mass is 9.96. The minimum atomic E-state index is -4.51. The standard InChI is InChI=1S/C24H18F3N5O/c1-14-3-4-16(21-10-19(13-31-32-21)24(25,26)27)8-20(14)18-7-17(11-29-12-18)15-5-6-30-22(9-15)23(33)28-2/h3-13H,1-2H3,(H,28,33). The van der Waals surface area contributed by atoms with E-state index in [1.165, 1.54) is 7.05 Å². The number of aryl methyl sites for hydroxylation is 1. The zero-order valence-corrected chi connectivity index (χ0v) is 17.7. The van der Waals surface area contributed by atoms with Crippen molar-refractivity contribution in [2.75, 3.05) is 7.05 Å². The molecule has 0 saturated heterocycles. The van der Waals surface area contributed by atoms with Crippen LogP contribution < -0.4 is 5.32 Å². The molecule has 1 aromatic carbocycles. The maximum Gasteiger partial charge on any atom is 0.418 e. The van der Waals surface area contributed by atoms with E-state index < -0.39 is 11.7 Å². The predicted molar refractivity (Wildman–Crippen MR) is 117 cm³/mol. The molecule has 9 heteroatoms. The number of nitrogens with one attached hydrogen (secondary N) is 1. The van der Waals surface area contributed by atoms with Crippen molar-refractivity contribution in [1.29, 1.82) is 0 Å². The highest BCUT2D eigenvalue weighted by molar-refractivity contribution is 5.93. The van der Waals surface area contributed by atoms with Gasteiger partial charge in [0.25, 0.3) is 5.91 Å². The molecule has 1 N–H and O–H groups in total. The second-order valence-electron chi connectivity index (χ2n) is 7.33. The summed E-state index contributed by atoms with van der Waals surface area (Å²) in [5, 5.41) is 9.93. The van der Waals surface area contributed by atoms with Gasteiger partial charge in [0.15, 0.2) is 0 Å². The average molecular weight is 449 g/mol. The molecule has 0 unspecified atom stereocenters. The fraction of sp³-hybridized carbons (Fsp3) is 0.125. The molecular formula is C24H18F3N5O. The Kier molecular flexibility index (Phi) is 5.87. The summed E-state index contributed by atoms with van der Waals surface area (Å²) in [4.78, 5) is 20.3. The molecule has 166 valence electrons. The van der Waals surface area contributed by atoms with Crippen molar-refractivity contribution >= 4 is 5.91 Å². The summed E-state index contributed by atoms with van der Waals surface area (Å²) in [5.41, 5.74) is 4.05. The highest BCUT2D eigenvalue weighted by atomic mass is 19.4. The molecule has 4 rings (SSSR count). The molecule has 3 heterocycles. The van der Waals surface area contributed by atoms with Crippen LogP contribution in [-0.2, 0) is 6.18 Å². The number of hydrogen-bond acceptors (Lipinski definition) is 5. The van der Waals surface area contributed by atoms with E-state index in [9.17, 15) is 18.0 Å². The van der Waals surface area contributed by atoms with Crippen LogP contribution in [-0.4, -0.2) is 33.1 Å². The molecule has 0 aliphatic carbocycles. The van der Waals surface area contributed by atoms with E-state index in [1.54, 1.807) is 42.9 Å². The molecule has 1 amide bonds. The van der Waals surface area contributed by atoms with Gasteiger partial charge >= 0.3 is 6.18 Å². The second-order valence-corrected chi connectivity index (χ2v) is 7.33. The Bertz CT molecular complexity index is 1340. The van der Waals surface area contributed by atoms with Crippen molar-refractivity contribution < 1.29 is 18.0 Å². The molecule has 0 aliphatic rings. The van der Waals surface area contributed by atoms with E-state index in [4.69, 9.17) is 0 Å². The first kappa shape index (κ1) is 22.1. The fourth-order valence-corrected chi connectivity index (χ4v) is 3.36. The zero-order chi connectivity index (χ0) is 23.6. The molecule has 0 aliphatic heterocycles. The zero-order valence-electron chi connectivity index (χ0n) is 17.7. The van der Waals surface area contributed by atoms with Crippen molar-refractivity contribution in [1.82, 2.24) is 25.5 Å². The van der Waals surface area contributed by atoms with Crippen molar-refractivity contribution in [3.63, 3.8) is 0 Å². The quantitative estimate of drug-likeness (QED) is 0.477. The van der Waals surface area contributed by atoms with Crippen LogP contribution in [0.2, 0.25) is 0 Å². The molecule has 0 fully saturated rings. The Morgan fingerprint density at radius 1 is 0.909 bits per heavy atom. The number of pyridine rings is 2. The molecular weight excluding hydrogens is 431 g/mol. The molecule has 0 saturated carbocycles. The number of carbonyl (C=O) groups is 1. The van der Waals surface area contributed by atoms with Gasteiger partial charge in [-0.05, 0) is 53.9 Å². The van der Waals surface area contributed by atoms with Crippen LogP contribution >= 0.6 is 0 Å². The number of alkyl halides is 3. The van der Waals surface area contributed by atoms with Crippen molar-refractivity contribution in [3.05, 3.63) is 84.1 Å². The van der Waals surface area contributed by atoms with Crippen molar-refractivity contribution in [2.45, 2.75) is 13.1 Å². The molecule has 6 nitrogen and oxygen atoms in total. The van der Waals surface area contributed by atoms with Crippen LogP contribution in [0.25, 0.3) is 33.5 Å². The first-order chi connectivity index (χ1) is 15.8. The SMILES string of the molecule is CNC(=O)c1cc(-c2cncc(-c3cc(-c4cc(C(F)(F)F)cnn4)ccc3C)c2)ccn1. The summed E-state index contributed by atoms with van der Waals surface area (Å²) < 4.78 is 39.3. The largest absolute Gasteiger partial charge is 0.418 e. The topological polar surface area (TPSA) is 80.7 Å². The van der Waals surface area contributed by atoms with Crippen molar-refractivity contribution in [2.24, 2.45) is 0 Å². The van der Waals surface area contributed by atoms with E-state index in [0.717, 1.165) is 33.9 Å². The third-order valence-corrected chi connectivity index (χ3v) is 5.12. The second kappa shape index (κ2) is 8.78. The number of aromatic nitrogens is 4. The van der Waals surface area contributed by atoms with E-state index in [1.807, 2.05) is 19.1 Å². The van der Waals surface area contributed by atoms with Crippen LogP contribution in [0.4, 0.5) is 13.2 Å². The average Bonchev–Trinajstić information content (AvgIpc) is 2.83. The summed E-state index contributed by atoms with van der Waals surface area (Å²) in [6.07, 6.45) is 1.09. The van der Waals surface area contributed by atoms with E-state index in [2.05, 4.69) is 25.5 Å². The van der Waals surface area contributed by atoms with Gasteiger partial charge in [-0.3, -0.25) is 14.8 Å². The first-order valence-electron chi connectivity index (χ1n) is 9.91. The third kappa shape index (κ3) is 4.72. The summed E-state index contributed by atoms with van der Waals surface area (Å²) >= 11 is 0. The minimum absolute atomic E-state index is 0.125. The first-order valence-corrected chi connectivity index (χ1v) is 9.91. The highest BCUT2D eigenvalue weighted by Crippen LogP contribution is 2.33. The van der Waals surface area contributed by atoms with Gasteiger partial charge in [-0.15, -0.1) is 0 Å². The summed E-state index contributed by atoms with van der Waals surface area (Å²) in [6.45, 7) is 1.90. The van der Waals surface area contributed by atoms with Gasteiger partial charge in [-0.25, -0.2) is 0 Å². The minimum Gasteiger partial charge on any atom is -0.354 e. The number of carbonyl (C=O) groups excluding carboxylic acids is 1. The monoisotopic (exact) mass is 449 g/mol. The fourth-order valence-electron chi connectivity index (χ4n) is 3.36. The van der Waals surface area contributed by atoms with E-state index in [-0.39, 0.29) is 17.3 Å². The maximum absolute atomic E-state index is 13.1. The molecule has 0 radical (unpaired) electrons. The van der Waals surface area contributed by atoms with Gasteiger partial charge in [0.1, 0.15) is 5.69 Å². The molecule has 0 spiro atoms. The molecule has 0 atom stereocenters. The molecule has 4 aromatic rings. The van der Waals surface area contributed by atoms with Crippen molar-refractivity contribution in [3.8, 4) is 33.5 Å². The van der Waals surface area contributed by atoms with Gasteiger partial charge in [0.05, 0.1) is 17.5 Å². The smallest absolute Gasteiger partial charge is 0.354 e. The summed E-state index contributed by atoms with van der Waals surface area (Å²) in [7, 11) is 1.53. The van der Waals surface area contributed by atoms with Crippen LogP contribution in [0.3, 0.4) is 0 Å².